The van der Waals surface area contributed by atoms with E-state index in [2.05, 4.69) is 23.8 Å². The molecule has 0 heterocycles. The summed E-state index contributed by atoms with van der Waals surface area (Å²) in [5.74, 6) is 0. The topological polar surface area (TPSA) is 0 Å². The van der Waals surface area contributed by atoms with Crippen LogP contribution in [0, 0.1) is 0 Å². The van der Waals surface area contributed by atoms with Gasteiger partial charge in [-0.25, -0.2) is 0 Å². The van der Waals surface area contributed by atoms with Crippen molar-refractivity contribution >= 4 is 29.9 Å². The van der Waals surface area contributed by atoms with Crippen molar-refractivity contribution in [1.29, 1.82) is 0 Å². The summed E-state index contributed by atoms with van der Waals surface area (Å²) in [6.45, 7) is 4.48. The molecule has 0 bridgehead atoms. The fourth-order valence-corrected chi connectivity index (χ4v) is 3.12. The average molecular weight is 242 g/mol. The van der Waals surface area contributed by atoms with Gasteiger partial charge < -0.3 is 0 Å². The molecule has 0 N–H and O–H groups in total. The summed E-state index contributed by atoms with van der Waals surface area (Å²) in [6, 6.07) is 0. The van der Waals surface area contributed by atoms with Crippen molar-refractivity contribution in [3.63, 3.8) is 0 Å². The van der Waals surface area contributed by atoms with Crippen LogP contribution in [0.2, 0.25) is 10.6 Å². The molecule has 0 aliphatic heterocycles. The molecule has 0 aromatic carbocycles. The standard InChI is InChI=1S/C6H12Se2/c1-3-7-5-6-8-4-2/h5-6H,3-4H2,1-2H3/b6-5-. The van der Waals surface area contributed by atoms with E-state index >= 15 is 0 Å². The predicted octanol–water partition coefficient (Wildman–Crippen LogP) is 1.74. The van der Waals surface area contributed by atoms with E-state index in [-0.39, 0.29) is 0 Å². The van der Waals surface area contributed by atoms with Crippen LogP contribution in [-0.4, -0.2) is 29.9 Å². The van der Waals surface area contributed by atoms with Crippen molar-refractivity contribution < 1.29 is 0 Å². The molecule has 0 fully saturated rings. The van der Waals surface area contributed by atoms with Gasteiger partial charge in [-0.05, 0) is 0 Å². The molecule has 0 aromatic heterocycles. The summed E-state index contributed by atoms with van der Waals surface area (Å²) in [7, 11) is 0. The molecular formula is C6H12Se2. The maximum absolute atomic E-state index is 2.36. The van der Waals surface area contributed by atoms with Crippen LogP contribution >= 0.6 is 0 Å². The SMILES string of the molecule is CC[Se]/C=C\[Se]CC. The van der Waals surface area contributed by atoms with Crippen LogP contribution in [0.25, 0.3) is 0 Å². The van der Waals surface area contributed by atoms with Crippen molar-refractivity contribution in [3.8, 4) is 0 Å². The zero-order valence-electron chi connectivity index (χ0n) is 5.39. The Labute approximate surface area is 64.4 Å². The van der Waals surface area contributed by atoms with E-state index in [0.29, 0.717) is 0 Å². The van der Waals surface area contributed by atoms with Crippen LogP contribution in [0.4, 0.5) is 0 Å². The minimum absolute atomic E-state index is 0.802. The quantitative estimate of drug-likeness (QED) is 0.659. The molecule has 0 aliphatic carbocycles. The van der Waals surface area contributed by atoms with Crippen molar-refractivity contribution in [2.24, 2.45) is 0 Å². The first kappa shape index (κ1) is 8.78. The fraction of sp³-hybridized carbons (Fsp3) is 0.667. The van der Waals surface area contributed by atoms with Crippen LogP contribution in [-0.2, 0) is 0 Å². The second-order valence-electron chi connectivity index (χ2n) is 1.18. The van der Waals surface area contributed by atoms with Gasteiger partial charge in [0.25, 0.3) is 0 Å². The second kappa shape index (κ2) is 7.78. The predicted molar refractivity (Wildman–Crippen MR) is 41.6 cm³/mol. The Balaban J connectivity index is 2.83. The first-order valence-corrected chi connectivity index (χ1v) is 7.20. The molecule has 0 unspecified atom stereocenters. The average Bonchev–Trinajstić information content (AvgIpc) is 1.81. The minimum atomic E-state index is 0.802. The maximum atomic E-state index is 2.36. The van der Waals surface area contributed by atoms with Gasteiger partial charge in [0.05, 0.1) is 0 Å². The number of hydrogen-bond donors (Lipinski definition) is 0. The first-order valence-electron chi connectivity index (χ1n) is 2.80. The summed E-state index contributed by atoms with van der Waals surface area (Å²) in [4.78, 5) is 4.72. The van der Waals surface area contributed by atoms with Crippen molar-refractivity contribution in [3.05, 3.63) is 9.95 Å². The zero-order valence-corrected chi connectivity index (χ0v) is 8.81. The summed E-state index contributed by atoms with van der Waals surface area (Å²) in [6.07, 6.45) is 0. The molecule has 0 nitrogen and oxygen atoms in total. The van der Waals surface area contributed by atoms with Gasteiger partial charge in [-0.3, -0.25) is 0 Å². The molecule has 8 heavy (non-hydrogen) atoms. The van der Waals surface area contributed by atoms with Gasteiger partial charge in [-0.15, -0.1) is 0 Å². The van der Waals surface area contributed by atoms with Gasteiger partial charge in [0.2, 0.25) is 0 Å². The molecule has 0 aliphatic rings. The van der Waals surface area contributed by atoms with Gasteiger partial charge in [-0.1, -0.05) is 0 Å². The van der Waals surface area contributed by atoms with Crippen molar-refractivity contribution in [2.45, 2.75) is 24.5 Å². The molecular weight excluding hydrogens is 230 g/mol. The second-order valence-corrected chi connectivity index (χ2v) is 6.15. The van der Waals surface area contributed by atoms with E-state index in [0.717, 1.165) is 29.9 Å². The van der Waals surface area contributed by atoms with Gasteiger partial charge in [0.1, 0.15) is 0 Å². The Hall–Kier alpha value is 0.779. The molecule has 2 heteroatoms. The van der Waals surface area contributed by atoms with Crippen LogP contribution in [0.5, 0.6) is 0 Å². The molecule has 0 saturated carbocycles. The molecule has 48 valence electrons. The van der Waals surface area contributed by atoms with Gasteiger partial charge in [-0.2, -0.15) is 0 Å². The fourth-order valence-electron chi connectivity index (χ4n) is 0.271. The van der Waals surface area contributed by atoms with E-state index in [1.54, 1.807) is 0 Å². The monoisotopic (exact) mass is 244 g/mol. The Morgan fingerprint density at radius 1 is 1.00 bits per heavy atom. The summed E-state index contributed by atoms with van der Waals surface area (Å²) >= 11 is 1.60. The molecule has 0 atom stereocenters. The first-order chi connectivity index (χ1) is 3.91. The summed E-state index contributed by atoms with van der Waals surface area (Å²) < 4.78 is 0. The van der Waals surface area contributed by atoms with Crippen LogP contribution in [0.1, 0.15) is 13.8 Å². The zero-order chi connectivity index (χ0) is 6.24. The molecule has 0 amide bonds. The van der Waals surface area contributed by atoms with E-state index in [4.69, 9.17) is 0 Å². The van der Waals surface area contributed by atoms with Crippen LogP contribution < -0.4 is 0 Å². The molecule has 0 radical (unpaired) electrons. The van der Waals surface area contributed by atoms with Crippen LogP contribution in [0.15, 0.2) is 9.95 Å². The Morgan fingerprint density at radius 3 is 1.62 bits per heavy atom. The third kappa shape index (κ3) is 6.78. The van der Waals surface area contributed by atoms with Crippen LogP contribution in [0.3, 0.4) is 0 Å². The molecule has 0 spiro atoms. The Kier molecular flexibility index (Phi) is 8.54. The van der Waals surface area contributed by atoms with Crippen molar-refractivity contribution in [2.75, 3.05) is 0 Å². The number of rotatable bonds is 4. The van der Waals surface area contributed by atoms with E-state index < -0.39 is 0 Å². The summed E-state index contributed by atoms with van der Waals surface area (Å²) in [5, 5.41) is 2.70. The molecule has 0 rings (SSSR count). The molecule has 0 saturated heterocycles. The van der Waals surface area contributed by atoms with Gasteiger partial charge in [0.15, 0.2) is 0 Å². The Morgan fingerprint density at radius 2 is 1.38 bits per heavy atom. The third-order valence-corrected chi connectivity index (χ3v) is 4.23. The van der Waals surface area contributed by atoms with E-state index in [9.17, 15) is 0 Å². The number of hydrogen-bond acceptors (Lipinski definition) is 0. The van der Waals surface area contributed by atoms with Crippen molar-refractivity contribution in [1.82, 2.24) is 0 Å². The van der Waals surface area contributed by atoms with Gasteiger partial charge >= 0.3 is 64.3 Å². The third-order valence-electron chi connectivity index (χ3n) is 0.581. The van der Waals surface area contributed by atoms with E-state index in [1.807, 2.05) is 0 Å². The normalized spacial score (nSPS) is 10.8. The Bertz CT molecular complexity index is 51.5. The van der Waals surface area contributed by atoms with Gasteiger partial charge in [0, 0.05) is 0 Å². The van der Waals surface area contributed by atoms with E-state index in [1.165, 1.54) is 10.6 Å². The molecule has 0 aromatic rings. The summed E-state index contributed by atoms with van der Waals surface area (Å²) in [5.41, 5.74) is 0.